The maximum Gasteiger partial charge on any atom is 0.225 e. The van der Waals surface area contributed by atoms with Gasteiger partial charge in [-0.25, -0.2) is 4.68 Å². The van der Waals surface area contributed by atoms with E-state index in [1.54, 1.807) is 11.8 Å². The van der Waals surface area contributed by atoms with E-state index >= 15 is 0 Å². The van der Waals surface area contributed by atoms with Gasteiger partial charge in [-0.1, -0.05) is 37.8 Å². The minimum absolute atomic E-state index is 0.0477. The predicted octanol–water partition coefficient (Wildman–Crippen LogP) is 4.30. The lowest BCUT2D eigenvalue weighted by Crippen LogP contribution is -2.42. The Morgan fingerprint density at radius 3 is 2.44 bits per heavy atom. The van der Waals surface area contributed by atoms with Gasteiger partial charge in [0.2, 0.25) is 5.91 Å². The zero-order valence-corrected chi connectivity index (χ0v) is 17.2. The van der Waals surface area contributed by atoms with E-state index in [4.69, 9.17) is 4.74 Å². The molecule has 4 rings (SSSR count). The number of hydrogen-bond donors (Lipinski definition) is 0. The third kappa shape index (κ3) is 5.09. The Hall–Kier alpha value is -1.43. The van der Waals surface area contributed by atoms with Gasteiger partial charge >= 0.3 is 0 Å². The molecule has 1 aromatic rings. The summed E-state index contributed by atoms with van der Waals surface area (Å²) in [6.07, 6.45) is 15.9. The molecule has 3 aliphatic rings. The fourth-order valence-electron chi connectivity index (χ4n) is 4.93. The second-order valence-corrected chi connectivity index (χ2v) is 8.44. The van der Waals surface area contributed by atoms with Gasteiger partial charge in [-0.2, -0.15) is 0 Å². The highest BCUT2D eigenvalue weighted by Gasteiger charge is 2.41. The van der Waals surface area contributed by atoms with Crippen molar-refractivity contribution in [3.05, 3.63) is 6.20 Å². The monoisotopic (exact) mass is 376 g/mol. The van der Waals surface area contributed by atoms with Gasteiger partial charge < -0.3 is 4.74 Å². The van der Waals surface area contributed by atoms with Crippen molar-refractivity contribution in [2.75, 3.05) is 24.7 Å². The Kier molecular flexibility index (Phi) is 7.27. The van der Waals surface area contributed by atoms with Crippen molar-refractivity contribution in [2.45, 2.75) is 90.0 Å². The third-order valence-electron chi connectivity index (χ3n) is 6.33. The van der Waals surface area contributed by atoms with E-state index in [0.29, 0.717) is 12.4 Å². The molecule has 0 aromatic carbocycles. The summed E-state index contributed by atoms with van der Waals surface area (Å²) in [6.45, 7) is 6.39. The molecule has 0 radical (unpaired) electrons. The molecule has 1 amide bonds. The van der Waals surface area contributed by atoms with E-state index in [-0.39, 0.29) is 11.4 Å². The lowest BCUT2D eigenvalue weighted by molar-refractivity contribution is -0.116. The average Bonchev–Trinajstić information content (AvgIpc) is 3.18. The van der Waals surface area contributed by atoms with Crippen molar-refractivity contribution in [1.29, 1.82) is 0 Å². The number of carbonyl (C=O) groups is 1. The van der Waals surface area contributed by atoms with Crippen molar-refractivity contribution in [3.63, 3.8) is 0 Å². The molecule has 6 heteroatoms. The Balaban J connectivity index is 0.000000299. The summed E-state index contributed by atoms with van der Waals surface area (Å²) in [7, 11) is 0. The van der Waals surface area contributed by atoms with Gasteiger partial charge in [0.1, 0.15) is 0 Å². The molecule has 2 heterocycles. The van der Waals surface area contributed by atoms with E-state index in [1.807, 2.05) is 6.20 Å². The number of amides is 1. The average molecular weight is 377 g/mol. The zero-order valence-electron chi connectivity index (χ0n) is 17.2. The van der Waals surface area contributed by atoms with Crippen LogP contribution in [0, 0.1) is 5.92 Å². The van der Waals surface area contributed by atoms with Crippen molar-refractivity contribution in [2.24, 2.45) is 5.92 Å². The molecule has 2 aliphatic carbocycles. The molecule has 27 heavy (non-hydrogen) atoms. The Bertz CT molecular complexity index is 575. The molecular formula is C21H36N4O2. The molecular weight excluding hydrogens is 340 g/mol. The molecule has 152 valence electrons. The molecule has 2 saturated carbocycles. The second-order valence-electron chi connectivity index (χ2n) is 8.44. The van der Waals surface area contributed by atoms with Gasteiger partial charge in [0.05, 0.1) is 11.7 Å². The lowest BCUT2D eigenvalue weighted by atomic mass is 9.67. The molecule has 1 aliphatic heterocycles. The molecule has 0 N–H and O–H groups in total. The number of fused-ring (bicyclic) bond motifs is 2. The topological polar surface area (TPSA) is 60.2 Å². The molecule has 1 aromatic heterocycles. The number of ether oxygens (including phenoxy) is 1. The quantitative estimate of drug-likeness (QED) is 0.786. The van der Waals surface area contributed by atoms with Crippen molar-refractivity contribution < 1.29 is 9.53 Å². The van der Waals surface area contributed by atoms with Crippen LogP contribution in [0.3, 0.4) is 0 Å². The van der Waals surface area contributed by atoms with E-state index < -0.39 is 0 Å². The van der Waals surface area contributed by atoms with Crippen LogP contribution in [0.15, 0.2) is 6.20 Å². The van der Waals surface area contributed by atoms with Crippen LogP contribution in [0.25, 0.3) is 0 Å². The highest BCUT2D eigenvalue weighted by Crippen LogP contribution is 2.47. The highest BCUT2D eigenvalue weighted by molar-refractivity contribution is 5.90. The predicted molar refractivity (Wildman–Crippen MR) is 107 cm³/mol. The highest BCUT2D eigenvalue weighted by atomic mass is 16.5. The Labute approximate surface area is 163 Å². The minimum atomic E-state index is 0.0477. The second kappa shape index (κ2) is 9.67. The van der Waals surface area contributed by atoms with E-state index in [0.717, 1.165) is 25.6 Å². The first-order chi connectivity index (χ1) is 13.1. The normalized spacial score (nSPS) is 27.4. The van der Waals surface area contributed by atoms with Crippen LogP contribution in [0.5, 0.6) is 0 Å². The molecule has 6 nitrogen and oxygen atoms in total. The summed E-state index contributed by atoms with van der Waals surface area (Å²) >= 11 is 0. The summed E-state index contributed by atoms with van der Waals surface area (Å²) < 4.78 is 7.15. The van der Waals surface area contributed by atoms with Gasteiger partial charge in [-0.3, -0.25) is 9.69 Å². The largest absolute Gasteiger partial charge is 0.381 e. The van der Waals surface area contributed by atoms with E-state index in [2.05, 4.69) is 21.9 Å². The van der Waals surface area contributed by atoms with Crippen LogP contribution in [0.4, 0.5) is 5.82 Å². The van der Waals surface area contributed by atoms with E-state index in [9.17, 15) is 4.79 Å². The van der Waals surface area contributed by atoms with Gasteiger partial charge in [0.25, 0.3) is 0 Å². The minimum Gasteiger partial charge on any atom is -0.381 e. The standard InChI is InChI=1S/C16H26N4O.C5H10O/c1-3-10-19(13(2)21)15-12-20(18-17-15)16-8-4-6-14(11-16)7-5-9-16;1-2-4-6-5-3-1/h12,14H,3-11H2,1-2H3;1-5H2. The van der Waals surface area contributed by atoms with Crippen LogP contribution >= 0.6 is 0 Å². The van der Waals surface area contributed by atoms with Gasteiger partial charge in [0.15, 0.2) is 5.82 Å². The van der Waals surface area contributed by atoms with Crippen LogP contribution in [0.1, 0.15) is 84.5 Å². The summed E-state index contributed by atoms with van der Waals surface area (Å²) in [5.74, 6) is 1.62. The maximum atomic E-state index is 11.8. The molecule has 0 unspecified atom stereocenters. The zero-order chi connectivity index (χ0) is 19.1. The third-order valence-corrected chi connectivity index (χ3v) is 6.33. The number of nitrogens with zero attached hydrogens (tertiary/aromatic N) is 4. The molecule has 3 fully saturated rings. The first kappa shape index (κ1) is 20.3. The van der Waals surface area contributed by atoms with E-state index in [1.165, 1.54) is 64.2 Å². The number of rotatable bonds is 4. The number of carbonyl (C=O) groups excluding carboxylic acids is 1. The fraction of sp³-hybridized carbons (Fsp3) is 0.857. The molecule has 2 bridgehead atoms. The lowest BCUT2D eigenvalue weighted by Gasteiger charge is -2.45. The van der Waals surface area contributed by atoms with Crippen molar-refractivity contribution >= 4 is 11.7 Å². The van der Waals surface area contributed by atoms with Crippen LogP contribution in [-0.4, -0.2) is 40.7 Å². The fourth-order valence-corrected chi connectivity index (χ4v) is 4.93. The van der Waals surface area contributed by atoms with Crippen molar-refractivity contribution in [1.82, 2.24) is 15.0 Å². The molecule has 0 atom stereocenters. The molecule has 1 saturated heterocycles. The molecule has 0 spiro atoms. The van der Waals surface area contributed by atoms with Gasteiger partial charge in [-0.15, -0.1) is 5.10 Å². The smallest absolute Gasteiger partial charge is 0.225 e. The SMILES string of the molecule is C1CCOCC1.CCCN(C(C)=O)c1cn(C23CCCC(CCC2)C3)nn1. The number of aromatic nitrogens is 3. The van der Waals surface area contributed by atoms with Crippen LogP contribution < -0.4 is 4.90 Å². The maximum absolute atomic E-state index is 11.8. The van der Waals surface area contributed by atoms with Crippen LogP contribution in [0.2, 0.25) is 0 Å². The summed E-state index contributed by atoms with van der Waals surface area (Å²) in [4.78, 5) is 13.5. The number of hydrogen-bond acceptors (Lipinski definition) is 4. The summed E-state index contributed by atoms with van der Waals surface area (Å²) in [5.41, 5.74) is 0.168. The first-order valence-electron chi connectivity index (χ1n) is 10.9. The number of anilines is 1. The summed E-state index contributed by atoms with van der Waals surface area (Å²) in [6, 6.07) is 0. The summed E-state index contributed by atoms with van der Waals surface area (Å²) in [5, 5.41) is 8.70. The van der Waals surface area contributed by atoms with Gasteiger partial charge in [-0.05, 0) is 50.9 Å². The van der Waals surface area contributed by atoms with Crippen LogP contribution in [-0.2, 0) is 15.1 Å². The first-order valence-corrected chi connectivity index (χ1v) is 10.9. The van der Waals surface area contributed by atoms with Gasteiger partial charge in [0, 0.05) is 26.7 Å². The Morgan fingerprint density at radius 2 is 1.93 bits per heavy atom. The Morgan fingerprint density at radius 1 is 1.22 bits per heavy atom. The van der Waals surface area contributed by atoms with Crippen molar-refractivity contribution in [3.8, 4) is 0 Å².